The number of hydrogen-bond acceptors (Lipinski definition) is 5. The van der Waals surface area contributed by atoms with Crippen LogP contribution < -0.4 is 10.2 Å². The summed E-state index contributed by atoms with van der Waals surface area (Å²) in [5.41, 5.74) is 2.15. The Hall–Kier alpha value is -1.71. The van der Waals surface area contributed by atoms with Crippen molar-refractivity contribution < 1.29 is 9.90 Å². The topological polar surface area (TPSA) is 73.6 Å². The Kier molecular flexibility index (Phi) is 13.0. The van der Waals surface area contributed by atoms with Crippen molar-refractivity contribution in [3.8, 4) is 5.69 Å². The lowest BCUT2D eigenvalue weighted by Crippen LogP contribution is -2.50. The normalized spacial score (nSPS) is 14.4. The van der Waals surface area contributed by atoms with Gasteiger partial charge in [0, 0.05) is 62.6 Å². The largest absolute Gasteiger partial charge is 0.390 e. The van der Waals surface area contributed by atoms with Gasteiger partial charge >= 0.3 is 0 Å². The number of halogens is 5. The molecule has 0 spiro atoms. The van der Waals surface area contributed by atoms with Crippen LogP contribution >= 0.6 is 59.6 Å². The van der Waals surface area contributed by atoms with Crippen molar-refractivity contribution in [2.75, 3.05) is 44.2 Å². The smallest absolute Gasteiger partial charge is 0.271 e. The van der Waals surface area contributed by atoms with Crippen LogP contribution in [0.4, 0.5) is 5.69 Å². The molecule has 1 aliphatic heterocycles. The molecule has 2 N–H and O–H groups in total. The molecular weight excluding hydrogens is 592 g/mol. The fourth-order valence-electron chi connectivity index (χ4n) is 4.32. The number of imidazole rings is 1. The zero-order valence-corrected chi connectivity index (χ0v) is 24.8. The molecule has 0 radical (unpaired) electrons. The third-order valence-corrected chi connectivity index (χ3v) is 7.26. The fourth-order valence-corrected chi connectivity index (χ4v) is 4.87. The number of carbonyl (C=O) groups excluding carboxylic acids is 1. The van der Waals surface area contributed by atoms with Crippen LogP contribution in [0.3, 0.4) is 0 Å². The quantitative estimate of drug-likeness (QED) is 0.328. The van der Waals surface area contributed by atoms with Gasteiger partial charge in [-0.1, -0.05) is 47.8 Å². The SMILES string of the molecule is CCCc1nc(C(=O)NC[C@H](O)CN2CCN(c3cccc(Cl)c3Cl)CC2)cn1-c1ccc(Cl)cc1.Cl.Cl. The van der Waals surface area contributed by atoms with Crippen molar-refractivity contribution >= 4 is 71.2 Å². The highest BCUT2D eigenvalue weighted by Gasteiger charge is 2.22. The third kappa shape index (κ3) is 8.15. The van der Waals surface area contributed by atoms with E-state index in [2.05, 4.69) is 27.0 Å². The van der Waals surface area contributed by atoms with Crippen LogP contribution in [0.15, 0.2) is 48.7 Å². The first-order valence-corrected chi connectivity index (χ1v) is 13.2. The molecule has 1 aromatic heterocycles. The van der Waals surface area contributed by atoms with Gasteiger partial charge in [-0.3, -0.25) is 9.69 Å². The molecule has 2 heterocycles. The maximum atomic E-state index is 12.8. The summed E-state index contributed by atoms with van der Waals surface area (Å²) < 4.78 is 1.91. The van der Waals surface area contributed by atoms with Crippen molar-refractivity contribution in [2.24, 2.45) is 0 Å². The Balaban J connectivity index is 0.00000253. The van der Waals surface area contributed by atoms with Gasteiger partial charge in [-0.05, 0) is 42.8 Å². The average Bonchev–Trinajstić information content (AvgIpc) is 3.29. The summed E-state index contributed by atoms with van der Waals surface area (Å²) in [6, 6.07) is 13.1. The molecule has 1 atom stereocenters. The molecule has 1 fully saturated rings. The predicted octanol–water partition coefficient (Wildman–Crippen LogP) is 5.54. The van der Waals surface area contributed by atoms with E-state index in [1.54, 1.807) is 12.3 Å². The van der Waals surface area contributed by atoms with Crippen molar-refractivity contribution in [2.45, 2.75) is 25.9 Å². The molecular formula is C26H32Cl5N5O2. The Morgan fingerprint density at radius 1 is 1.05 bits per heavy atom. The van der Waals surface area contributed by atoms with Crippen LogP contribution in [0.5, 0.6) is 0 Å². The first-order valence-electron chi connectivity index (χ1n) is 12.1. The number of rotatable bonds is 9. The molecule has 4 rings (SSSR count). The number of aryl methyl sites for hydroxylation is 1. The average molecular weight is 624 g/mol. The minimum atomic E-state index is -0.691. The van der Waals surface area contributed by atoms with Crippen molar-refractivity contribution in [3.05, 3.63) is 75.2 Å². The number of nitrogens with one attached hydrogen (secondary N) is 1. The van der Waals surface area contributed by atoms with Crippen LogP contribution in [0.1, 0.15) is 29.7 Å². The minimum Gasteiger partial charge on any atom is -0.390 e. The van der Waals surface area contributed by atoms with Crippen LogP contribution in [0.2, 0.25) is 15.1 Å². The van der Waals surface area contributed by atoms with Gasteiger partial charge in [0.05, 0.1) is 21.8 Å². The maximum absolute atomic E-state index is 12.8. The fraction of sp³-hybridized carbons (Fsp3) is 0.385. The zero-order chi connectivity index (χ0) is 25.7. The number of carbonyl (C=O) groups is 1. The van der Waals surface area contributed by atoms with Crippen molar-refractivity contribution in [3.63, 3.8) is 0 Å². The molecule has 0 saturated carbocycles. The summed E-state index contributed by atoms with van der Waals surface area (Å²) in [5.74, 6) is 0.503. The van der Waals surface area contributed by atoms with E-state index in [4.69, 9.17) is 34.8 Å². The van der Waals surface area contributed by atoms with E-state index >= 15 is 0 Å². The van der Waals surface area contributed by atoms with Crippen LogP contribution in [-0.4, -0.2) is 70.8 Å². The number of piperazine rings is 1. The molecule has 208 valence electrons. The number of aliphatic hydroxyl groups excluding tert-OH is 1. The number of aromatic nitrogens is 2. The Morgan fingerprint density at radius 3 is 2.39 bits per heavy atom. The van der Waals surface area contributed by atoms with Gasteiger partial charge in [0.25, 0.3) is 5.91 Å². The van der Waals surface area contributed by atoms with Crippen LogP contribution in [0.25, 0.3) is 5.69 Å². The Labute approximate surface area is 250 Å². The minimum absolute atomic E-state index is 0. The van der Waals surface area contributed by atoms with Gasteiger partial charge in [0.2, 0.25) is 0 Å². The standard InChI is InChI=1S/C26H30Cl3N5O2.2ClH/c1-2-4-24-31-22(17-34(24)19-9-7-18(27)8-10-19)26(36)30-15-20(35)16-32-11-13-33(14-12-32)23-6-3-5-21(28)25(23)29;;/h3,5-10,17,20,35H,2,4,11-16H2,1H3,(H,30,36);2*1H/t20-;;/m0../s1. The van der Waals surface area contributed by atoms with E-state index in [1.165, 1.54) is 0 Å². The van der Waals surface area contributed by atoms with Crippen molar-refractivity contribution in [1.29, 1.82) is 0 Å². The van der Waals surface area contributed by atoms with E-state index in [9.17, 15) is 9.90 Å². The monoisotopic (exact) mass is 621 g/mol. The van der Waals surface area contributed by atoms with Crippen LogP contribution in [0, 0.1) is 0 Å². The maximum Gasteiger partial charge on any atom is 0.271 e. The number of nitrogens with zero attached hydrogens (tertiary/aromatic N) is 4. The predicted molar refractivity (Wildman–Crippen MR) is 161 cm³/mol. The lowest BCUT2D eigenvalue weighted by atomic mass is 10.2. The number of amides is 1. The van der Waals surface area contributed by atoms with Gasteiger partial charge in [0.15, 0.2) is 0 Å². The first-order chi connectivity index (χ1) is 17.4. The highest BCUT2D eigenvalue weighted by Crippen LogP contribution is 2.32. The zero-order valence-electron chi connectivity index (χ0n) is 20.9. The number of hydrogen-bond donors (Lipinski definition) is 2. The Morgan fingerprint density at radius 2 is 1.74 bits per heavy atom. The summed E-state index contributed by atoms with van der Waals surface area (Å²) in [5, 5.41) is 15.1. The second kappa shape index (κ2) is 15.2. The van der Waals surface area contributed by atoms with Crippen molar-refractivity contribution in [1.82, 2.24) is 19.8 Å². The molecule has 38 heavy (non-hydrogen) atoms. The Bertz CT molecular complexity index is 1180. The molecule has 1 aliphatic rings. The lowest BCUT2D eigenvalue weighted by molar-refractivity contribution is 0.0848. The van der Waals surface area contributed by atoms with E-state index in [0.29, 0.717) is 27.3 Å². The molecule has 0 unspecified atom stereocenters. The number of aliphatic hydroxyl groups is 1. The lowest BCUT2D eigenvalue weighted by Gasteiger charge is -2.37. The number of benzene rings is 2. The van der Waals surface area contributed by atoms with E-state index < -0.39 is 6.10 Å². The third-order valence-electron chi connectivity index (χ3n) is 6.20. The van der Waals surface area contributed by atoms with Gasteiger partial charge in [-0.2, -0.15) is 0 Å². The molecule has 0 aliphatic carbocycles. The van der Waals surface area contributed by atoms with E-state index in [1.807, 2.05) is 41.0 Å². The van der Waals surface area contributed by atoms with Crippen LogP contribution in [-0.2, 0) is 6.42 Å². The highest BCUT2D eigenvalue weighted by atomic mass is 35.5. The summed E-state index contributed by atoms with van der Waals surface area (Å²) in [6.07, 6.45) is 2.69. The number of anilines is 1. The number of β-amino-alcohol motifs (C(OH)–C–C–N with tert-alkyl or cyclic N) is 1. The highest BCUT2D eigenvalue weighted by molar-refractivity contribution is 6.43. The second-order valence-electron chi connectivity index (χ2n) is 8.86. The molecule has 2 aromatic carbocycles. The molecule has 1 amide bonds. The summed E-state index contributed by atoms with van der Waals surface area (Å²) >= 11 is 18.5. The van der Waals surface area contributed by atoms with Gasteiger partial charge in [-0.15, -0.1) is 24.8 Å². The summed E-state index contributed by atoms with van der Waals surface area (Å²) in [4.78, 5) is 21.7. The second-order valence-corrected chi connectivity index (χ2v) is 10.1. The summed E-state index contributed by atoms with van der Waals surface area (Å²) in [6.45, 7) is 5.80. The molecule has 0 bridgehead atoms. The van der Waals surface area contributed by atoms with Gasteiger partial charge in [0.1, 0.15) is 11.5 Å². The van der Waals surface area contributed by atoms with E-state index in [0.717, 1.165) is 56.2 Å². The molecule has 7 nitrogen and oxygen atoms in total. The van der Waals surface area contributed by atoms with Gasteiger partial charge < -0.3 is 19.9 Å². The molecule has 12 heteroatoms. The molecule has 3 aromatic rings. The summed E-state index contributed by atoms with van der Waals surface area (Å²) in [7, 11) is 0. The first kappa shape index (κ1) is 32.5. The van der Waals surface area contributed by atoms with E-state index in [-0.39, 0.29) is 37.3 Å². The van der Waals surface area contributed by atoms with Gasteiger partial charge in [-0.25, -0.2) is 4.98 Å². The molecule has 1 saturated heterocycles.